The maximum atomic E-state index is 13.8. The summed E-state index contributed by atoms with van der Waals surface area (Å²) in [6.45, 7) is 0. The summed E-state index contributed by atoms with van der Waals surface area (Å²) in [4.78, 5) is 14.6. The second-order valence-electron chi connectivity index (χ2n) is 4.26. The van der Waals surface area contributed by atoms with Crippen molar-refractivity contribution in [3.05, 3.63) is 34.5 Å². The summed E-state index contributed by atoms with van der Waals surface area (Å²) in [5.74, 6) is 0.713. The fourth-order valence-electron chi connectivity index (χ4n) is 2.34. The van der Waals surface area contributed by atoms with E-state index in [4.69, 9.17) is 0 Å². The predicted octanol–water partition coefficient (Wildman–Crippen LogP) is 2.88. The average Bonchev–Trinajstić information content (AvgIpc) is 2.68. The van der Waals surface area contributed by atoms with E-state index in [1.165, 1.54) is 12.5 Å². The summed E-state index contributed by atoms with van der Waals surface area (Å²) < 4.78 is 15.4. The molecule has 90 valence electrons. The predicted molar refractivity (Wildman–Crippen MR) is 67.9 cm³/mol. The lowest BCUT2D eigenvalue weighted by atomic mass is 10.2. The number of hydrogen-bond donors (Lipinski definition) is 1. The van der Waals surface area contributed by atoms with Crippen LogP contribution < -0.4 is 5.69 Å². The van der Waals surface area contributed by atoms with Gasteiger partial charge in [0, 0.05) is 0 Å². The molecule has 1 aliphatic heterocycles. The fraction of sp³-hybridized carbons (Fsp3) is 0.417. The third-order valence-electron chi connectivity index (χ3n) is 3.13. The zero-order valence-electron chi connectivity index (χ0n) is 9.28. The van der Waals surface area contributed by atoms with Crippen molar-refractivity contribution in [3.8, 4) is 0 Å². The molecule has 1 aromatic heterocycles. The molecule has 0 amide bonds. The van der Waals surface area contributed by atoms with Gasteiger partial charge >= 0.3 is 5.69 Å². The molecular formula is C12H13FN2OS. The minimum atomic E-state index is -0.327. The van der Waals surface area contributed by atoms with Crippen LogP contribution in [0.4, 0.5) is 4.39 Å². The number of nitrogens with one attached hydrogen (secondary N) is 1. The number of aromatic nitrogens is 2. The molecule has 1 N–H and O–H groups in total. The normalized spacial score (nSPS) is 20.9. The molecular weight excluding hydrogens is 239 g/mol. The lowest BCUT2D eigenvalue weighted by Crippen LogP contribution is -2.22. The first-order valence-corrected chi connectivity index (χ1v) is 6.82. The van der Waals surface area contributed by atoms with Crippen LogP contribution >= 0.6 is 11.8 Å². The third kappa shape index (κ3) is 1.78. The molecule has 0 saturated carbocycles. The summed E-state index contributed by atoms with van der Waals surface area (Å²) in [5, 5.41) is 0.0712. The van der Waals surface area contributed by atoms with Gasteiger partial charge in [0.25, 0.3) is 0 Å². The molecule has 1 unspecified atom stereocenters. The quantitative estimate of drug-likeness (QED) is 0.847. The van der Waals surface area contributed by atoms with Crippen molar-refractivity contribution in [1.29, 1.82) is 0 Å². The van der Waals surface area contributed by atoms with Crippen molar-refractivity contribution in [1.82, 2.24) is 9.55 Å². The topological polar surface area (TPSA) is 37.8 Å². The van der Waals surface area contributed by atoms with Crippen LogP contribution in [0.2, 0.25) is 0 Å². The summed E-state index contributed by atoms with van der Waals surface area (Å²) in [7, 11) is 0. The monoisotopic (exact) mass is 252 g/mol. The van der Waals surface area contributed by atoms with Gasteiger partial charge in [-0.3, -0.25) is 4.57 Å². The van der Waals surface area contributed by atoms with Crippen molar-refractivity contribution >= 4 is 22.8 Å². The summed E-state index contributed by atoms with van der Waals surface area (Å²) in [5.41, 5.74) is 0.794. The molecule has 1 atom stereocenters. The Bertz CT molecular complexity index is 598. The highest BCUT2D eigenvalue weighted by Gasteiger charge is 2.21. The minimum Gasteiger partial charge on any atom is -0.305 e. The summed E-state index contributed by atoms with van der Waals surface area (Å²) in [6.07, 6.45) is 3.22. The molecule has 2 heterocycles. The molecule has 5 heteroatoms. The number of thioether (sulfide) groups is 1. The van der Waals surface area contributed by atoms with Gasteiger partial charge in [-0.25, -0.2) is 9.18 Å². The maximum absolute atomic E-state index is 13.8. The molecule has 1 aliphatic rings. The fourth-order valence-corrected chi connectivity index (χ4v) is 3.67. The van der Waals surface area contributed by atoms with E-state index < -0.39 is 0 Å². The first-order valence-electron chi connectivity index (χ1n) is 5.78. The average molecular weight is 252 g/mol. The van der Waals surface area contributed by atoms with Crippen molar-refractivity contribution in [2.24, 2.45) is 0 Å². The number of fused-ring (bicyclic) bond motifs is 1. The Morgan fingerprint density at radius 2 is 2.29 bits per heavy atom. The van der Waals surface area contributed by atoms with Crippen LogP contribution in [0.15, 0.2) is 23.0 Å². The molecule has 0 aliphatic carbocycles. The Hall–Kier alpha value is -1.23. The number of hydrogen-bond acceptors (Lipinski definition) is 2. The molecule has 17 heavy (non-hydrogen) atoms. The zero-order valence-corrected chi connectivity index (χ0v) is 10.1. The smallest absolute Gasteiger partial charge is 0.305 e. The Morgan fingerprint density at radius 3 is 3.06 bits per heavy atom. The second-order valence-corrected chi connectivity index (χ2v) is 5.54. The lowest BCUT2D eigenvalue weighted by Gasteiger charge is -2.22. The van der Waals surface area contributed by atoms with E-state index in [1.54, 1.807) is 28.5 Å². The molecule has 0 radical (unpaired) electrons. The number of nitrogens with zero attached hydrogens (tertiary/aromatic N) is 1. The van der Waals surface area contributed by atoms with Gasteiger partial charge in [-0.2, -0.15) is 0 Å². The minimum absolute atomic E-state index is 0.0712. The summed E-state index contributed by atoms with van der Waals surface area (Å²) in [6, 6.07) is 4.76. The Labute approximate surface area is 102 Å². The number of rotatable bonds is 1. The van der Waals surface area contributed by atoms with Gasteiger partial charge in [0.05, 0.1) is 10.9 Å². The van der Waals surface area contributed by atoms with Crippen molar-refractivity contribution in [2.45, 2.75) is 24.6 Å². The third-order valence-corrected chi connectivity index (χ3v) is 4.49. The molecule has 2 aromatic rings. The van der Waals surface area contributed by atoms with Gasteiger partial charge in [-0.1, -0.05) is 6.07 Å². The number of benzene rings is 1. The first kappa shape index (κ1) is 10.9. The highest BCUT2D eigenvalue weighted by atomic mass is 32.2. The molecule has 0 spiro atoms. The van der Waals surface area contributed by atoms with E-state index in [1.807, 2.05) is 0 Å². The number of imidazole rings is 1. The van der Waals surface area contributed by atoms with Gasteiger partial charge < -0.3 is 4.98 Å². The van der Waals surface area contributed by atoms with Gasteiger partial charge in [0.15, 0.2) is 0 Å². The van der Waals surface area contributed by atoms with Crippen LogP contribution in [0.5, 0.6) is 0 Å². The number of H-pyrrole nitrogens is 1. The van der Waals surface area contributed by atoms with E-state index in [0.717, 1.165) is 18.6 Å². The van der Waals surface area contributed by atoms with E-state index in [-0.39, 0.29) is 16.9 Å². The van der Waals surface area contributed by atoms with Crippen molar-refractivity contribution in [2.75, 3.05) is 5.75 Å². The van der Waals surface area contributed by atoms with Gasteiger partial charge in [-0.15, -0.1) is 11.8 Å². The van der Waals surface area contributed by atoms with Crippen LogP contribution in [-0.4, -0.2) is 15.3 Å². The highest BCUT2D eigenvalue weighted by molar-refractivity contribution is 7.99. The molecule has 3 nitrogen and oxygen atoms in total. The largest absolute Gasteiger partial charge is 0.327 e. The summed E-state index contributed by atoms with van der Waals surface area (Å²) >= 11 is 1.73. The molecule has 0 bridgehead atoms. The van der Waals surface area contributed by atoms with Crippen molar-refractivity contribution in [3.63, 3.8) is 0 Å². The molecule has 3 rings (SSSR count). The highest BCUT2D eigenvalue weighted by Crippen LogP contribution is 2.35. The number of aromatic amines is 1. The van der Waals surface area contributed by atoms with E-state index >= 15 is 0 Å². The second kappa shape index (κ2) is 4.22. The SMILES string of the molecule is O=c1[nH]c2cccc(F)c2n1C1CCCCS1. The Kier molecular flexibility index (Phi) is 2.70. The Balaban J connectivity index is 2.20. The molecule has 1 aromatic carbocycles. The van der Waals surface area contributed by atoms with E-state index in [2.05, 4.69) is 4.98 Å². The molecule has 1 fully saturated rings. The van der Waals surface area contributed by atoms with E-state index in [9.17, 15) is 9.18 Å². The number of halogens is 1. The lowest BCUT2D eigenvalue weighted by molar-refractivity contribution is 0.556. The first-order chi connectivity index (χ1) is 8.27. The van der Waals surface area contributed by atoms with Crippen molar-refractivity contribution < 1.29 is 4.39 Å². The van der Waals surface area contributed by atoms with Gasteiger partial charge in [0.2, 0.25) is 0 Å². The van der Waals surface area contributed by atoms with Crippen LogP contribution in [0, 0.1) is 5.82 Å². The molecule has 1 saturated heterocycles. The Morgan fingerprint density at radius 1 is 1.41 bits per heavy atom. The maximum Gasteiger partial charge on any atom is 0.327 e. The zero-order chi connectivity index (χ0) is 11.8. The van der Waals surface area contributed by atoms with Crippen LogP contribution in [0.25, 0.3) is 11.0 Å². The van der Waals surface area contributed by atoms with Gasteiger partial charge in [-0.05, 0) is 37.1 Å². The van der Waals surface area contributed by atoms with Crippen LogP contribution in [-0.2, 0) is 0 Å². The number of para-hydroxylation sites is 1. The van der Waals surface area contributed by atoms with Gasteiger partial charge in [0.1, 0.15) is 11.3 Å². The van der Waals surface area contributed by atoms with E-state index in [0.29, 0.717) is 11.0 Å². The standard InChI is InChI=1S/C12H13FN2OS/c13-8-4-3-5-9-11(8)15(12(16)14-9)10-6-1-2-7-17-10/h3-5,10H,1-2,6-7H2,(H,14,16). The van der Waals surface area contributed by atoms with Crippen LogP contribution in [0.3, 0.4) is 0 Å². The van der Waals surface area contributed by atoms with Crippen LogP contribution in [0.1, 0.15) is 24.6 Å².